The monoisotopic (exact) mass is 436 g/mol. The average Bonchev–Trinajstić information content (AvgIpc) is 2.48. The third-order valence-electron chi connectivity index (χ3n) is 3.01. The van der Waals surface area contributed by atoms with E-state index in [1.807, 2.05) is 0 Å². The van der Waals surface area contributed by atoms with Crippen LogP contribution in [0.5, 0.6) is 11.5 Å². The molecule has 2 nitrogen and oxygen atoms in total. The zero-order chi connectivity index (χ0) is 15.6. The first kappa shape index (κ1) is 16.6. The Hall–Kier alpha value is -0.780. The molecule has 2 aromatic rings. The van der Waals surface area contributed by atoms with Crippen LogP contribution >= 0.6 is 43.5 Å². The summed E-state index contributed by atoms with van der Waals surface area (Å²) in [5, 5.41) is -0.577. The molecule has 1 unspecified atom stereocenters. The molecular weight excluding hydrogens is 426 g/mol. The molecule has 0 aliphatic rings. The lowest BCUT2D eigenvalue weighted by molar-refractivity contribution is 0.397. The summed E-state index contributed by atoms with van der Waals surface area (Å²) < 4.78 is 25.6. The molecule has 0 bridgehead atoms. The van der Waals surface area contributed by atoms with Gasteiger partial charge in [-0.25, -0.2) is 4.39 Å². The van der Waals surface area contributed by atoms with Crippen molar-refractivity contribution in [1.82, 2.24) is 0 Å². The Kier molecular flexibility index (Phi) is 5.52. The minimum Gasteiger partial charge on any atom is -0.496 e. The molecule has 0 aliphatic carbocycles. The van der Waals surface area contributed by atoms with Crippen LogP contribution in [0.2, 0.25) is 0 Å². The molecule has 0 saturated carbocycles. The standard InChI is InChI=1S/C15H12Br2ClFO2/c1-20-13-7-12(17)14(21-2)6-10(13)15(18)9-5-8(19)3-4-11(9)16/h3-7,15H,1-2H3. The molecule has 0 spiro atoms. The van der Waals surface area contributed by atoms with Crippen LogP contribution in [0, 0.1) is 5.82 Å². The van der Waals surface area contributed by atoms with Crippen LogP contribution in [0.15, 0.2) is 39.3 Å². The van der Waals surface area contributed by atoms with Crippen LogP contribution in [0.25, 0.3) is 0 Å². The fourth-order valence-electron chi connectivity index (χ4n) is 1.96. The maximum Gasteiger partial charge on any atom is 0.133 e. The van der Waals surface area contributed by atoms with Crippen LogP contribution in [-0.2, 0) is 0 Å². The van der Waals surface area contributed by atoms with Crippen molar-refractivity contribution in [2.45, 2.75) is 5.38 Å². The van der Waals surface area contributed by atoms with E-state index in [0.717, 1.165) is 8.95 Å². The van der Waals surface area contributed by atoms with Gasteiger partial charge in [-0.05, 0) is 51.8 Å². The first-order valence-corrected chi connectivity index (χ1v) is 8.00. The number of benzene rings is 2. The van der Waals surface area contributed by atoms with Gasteiger partial charge in [-0.1, -0.05) is 15.9 Å². The van der Waals surface area contributed by atoms with E-state index in [0.29, 0.717) is 22.6 Å². The van der Waals surface area contributed by atoms with E-state index in [9.17, 15) is 4.39 Å². The second kappa shape index (κ2) is 6.99. The number of alkyl halides is 1. The van der Waals surface area contributed by atoms with Crippen molar-refractivity contribution in [3.05, 3.63) is 56.2 Å². The van der Waals surface area contributed by atoms with Crippen molar-refractivity contribution >= 4 is 43.5 Å². The Morgan fingerprint density at radius 1 is 0.952 bits per heavy atom. The van der Waals surface area contributed by atoms with E-state index in [1.54, 1.807) is 32.4 Å². The van der Waals surface area contributed by atoms with Crippen LogP contribution < -0.4 is 9.47 Å². The summed E-state index contributed by atoms with van der Waals surface area (Å²) in [5.41, 5.74) is 1.32. The van der Waals surface area contributed by atoms with Crippen molar-refractivity contribution in [2.75, 3.05) is 14.2 Å². The molecule has 6 heteroatoms. The van der Waals surface area contributed by atoms with Gasteiger partial charge in [-0.3, -0.25) is 0 Å². The lowest BCUT2D eigenvalue weighted by atomic mass is 10.0. The maximum atomic E-state index is 13.5. The van der Waals surface area contributed by atoms with Crippen molar-refractivity contribution in [1.29, 1.82) is 0 Å². The average molecular weight is 439 g/mol. The summed E-state index contributed by atoms with van der Waals surface area (Å²) >= 11 is 13.3. The van der Waals surface area contributed by atoms with Gasteiger partial charge in [0.15, 0.2) is 0 Å². The van der Waals surface area contributed by atoms with Crippen LogP contribution in [0.3, 0.4) is 0 Å². The lowest BCUT2D eigenvalue weighted by Gasteiger charge is -2.18. The Bertz CT molecular complexity index is 664. The number of ether oxygens (including phenoxy) is 2. The van der Waals surface area contributed by atoms with E-state index in [1.165, 1.54) is 12.1 Å². The molecule has 112 valence electrons. The van der Waals surface area contributed by atoms with E-state index >= 15 is 0 Å². The van der Waals surface area contributed by atoms with E-state index in [4.69, 9.17) is 21.1 Å². The molecule has 0 amide bonds. The molecule has 0 radical (unpaired) electrons. The fraction of sp³-hybridized carbons (Fsp3) is 0.200. The number of hydrogen-bond acceptors (Lipinski definition) is 2. The molecule has 0 aromatic heterocycles. The minimum absolute atomic E-state index is 0.345. The van der Waals surface area contributed by atoms with Crippen molar-refractivity contribution < 1.29 is 13.9 Å². The Balaban J connectivity index is 2.56. The first-order valence-electron chi connectivity index (χ1n) is 5.98. The summed E-state index contributed by atoms with van der Waals surface area (Å²) in [6, 6.07) is 7.95. The van der Waals surface area contributed by atoms with E-state index < -0.39 is 5.38 Å². The Labute approximate surface area is 144 Å². The van der Waals surface area contributed by atoms with Crippen LogP contribution in [-0.4, -0.2) is 14.2 Å². The highest BCUT2D eigenvalue weighted by atomic mass is 79.9. The topological polar surface area (TPSA) is 18.5 Å². The second-order valence-electron chi connectivity index (χ2n) is 4.26. The van der Waals surface area contributed by atoms with Gasteiger partial charge in [0, 0.05) is 10.0 Å². The second-order valence-corrected chi connectivity index (χ2v) is 6.40. The van der Waals surface area contributed by atoms with Crippen molar-refractivity contribution in [3.8, 4) is 11.5 Å². The molecule has 21 heavy (non-hydrogen) atoms. The Morgan fingerprint density at radius 2 is 1.62 bits per heavy atom. The molecule has 0 saturated heterocycles. The quantitative estimate of drug-likeness (QED) is 0.571. The third kappa shape index (κ3) is 3.52. The summed E-state index contributed by atoms with van der Waals surface area (Å²) in [5.74, 6) is 0.879. The largest absolute Gasteiger partial charge is 0.496 e. The van der Waals surface area contributed by atoms with E-state index in [-0.39, 0.29) is 5.82 Å². The third-order valence-corrected chi connectivity index (χ3v) is 4.82. The van der Waals surface area contributed by atoms with Crippen LogP contribution in [0.1, 0.15) is 16.5 Å². The molecule has 2 rings (SSSR count). The molecule has 0 aliphatic heterocycles. The number of methoxy groups -OCH3 is 2. The molecule has 0 fully saturated rings. The smallest absolute Gasteiger partial charge is 0.133 e. The highest BCUT2D eigenvalue weighted by Gasteiger charge is 2.21. The zero-order valence-corrected chi connectivity index (χ0v) is 15.2. The van der Waals surface area contributed by atoms with Gasteiger partial charge in [0.05, 0.1) is 24.1 Å². The van der Waals surface area contributed by atoms with Gasteiger partial charge in [-0.15, -0.1) is 11.6 Å². The maximum absolute atomic E-state index is 13.5. The molecular formula is C15H12Br2ClFO2. The van der Waals surface area contributed by atoms with Gasteiger partial charge >= 0.3 is 0 Å². The fourth-order valence-corrected chi connectivity index (χ4v) is 3.40. The lowest BCUT2D eigenvalue weighted by Crippen LogP contribution is -2.00. The predicted molar refractivity (Wildman–Crippen MR) is 89.0 cm³/mol. The minimum atomic E-state index is -0.577. The van der Waals surface area contributed by atoms with Gasteiger partial charge in [0.2, 0.25) is 0 Å². The number of halogens is 4. The summed E-state index contributed by atoms with van der Waals surface area (Å²) in [6.07, 6.45) is 0. The summed E-state index contributed by atoms with van der Waals surface area (Å²) in [6.45, 7) is 0. The van der Waals surface area contributed by atoms with Crippen LogP contribution in [0.4, 0.5) is 4.39 Å². The van der Waals surface area contributed by atoms with Crippen molar-refractivity contribution in [2.24, 2.45) is 0 Å². The van der Waals surface area contributed by atoms with E-state index in [2.05, 4.69) is 31.9 Å². The summed E-state index contributed by atoms with van der Waals surface area (Å²) in [7, 11) is 3.12. The normalized spacial score (nSPS) is 12.1. The predicted octanol–water partition coefficient (Wildman–Crippen LogP) is 5.70. The highest BCUT2D eigenvalue weighted by molar-refractivity contribution is 9.10. The number of rotatable bonds is 4. The molecule has 2 aromatic carbocycles. The first-order chi connectivity index (χ1) is 9.97. The van der Waals surface area contributed by atoms with Gasteiger partial charge in [0.1, 0.15) is 17.3 Å². The van der Waals surface area contributed by atoms with Gasteiger partial charge in [0.25, 0.3) is 0 Å². The zero-order valence-electron chi connectivity index (χ0n) is 11.3. The van der Waals surface area contributed by atoms with Crippen molar-refractivity contribution in [3.63, 3.8) is 0 Å². The summed E-state index contributed by atoms with van der Waals surface area (Å²) in [4.78, 5) is 0. The SMILES string of the molecule is COc1cc(C(Cl)c2cc(F)ccc2Br)c(OC)cc1Br. The molecule has 0 N–H and O–H groups in total. The number of hydrogen-bond donors (Lipinski definition) is 0. The van der Waals surface area contributed by atoms with Gasteiger partial charge < -0.3 is 9.47 Å². The molecule has 1 atom stereocenters. The van der Waals surface area contributed by atoms with Gasteiger partial charge in [-0.2, -0.15) is 0 Å². The molecule has 0 heterocycles. The highest BCUT2D eigenvalue weighted by Crippen LogP contribution is 2.42. The Morgan fingerprint density at radius 3 is 2.24 bits per heavy atom.